The van der Waals surface area contributed by atoms with Crippen LogP contribution in [0.1, 0.15) is 16.1 Å². The molecule has 20 heavy (non-hydrogen) atoms. The lowest BCUT2D eigenvalue weighted by molar-refractivity contribution is -0.122. The van der Waals surface area contributed by atoms with Gasteiger partial charge in [0.1, 0.15) is 0 Å². The van der Waals surface area contributed by atoms with Gasteiger partial charge < -0.3 is 9.88 Å². The standard InChI is InChI=1S/C14H18N4OS/c1-11-2-5-20-13(11)7-16-14(19)9-17-3-4-18-10-15-6-12(18)8-17/h2,5-6,10H,3-4,7-9H2,1H3,(H,16,19). The number of fused-ring (bicyclic) bond motifs is 1. The van der Waals surface area contributed by atoms with Crippen molar-refractivity contribution in [2.24, 2.45) is 0 Å². The first-order valence-electron chi connectivity index (χ1n) is 6.73. The summed E-state index contributed by atoms with van der Waals surface area (Å²) in [5.41, 5.74) is 2.43. The molecule has 0 saturated heterocycles. The van der Waals surface area contributed by atoms with Crippen LogP contribution in [0.3, 0.4) is 0 Å². The fourth-order valence-corrected chi connectivity index (χ4v) is 3.24. The summed E-state index contributed by atoms with van der Waals surface area (Å²) < 4.78 is 2.14. The molecule has 0 unspecified atom stereocenters. The first-order chi connectivity index (χ1) is 9.72. The van der Waals surface area contributed by atoms with Crippen LogP contribution in [0.4, 0.5) is 0 Å². The fraction of sp³-hybridized carbons (Fsp3) is 0.429. The zero-order chi connectivity index (χ0) is 13.9. The molecule has 2 aromatic rings. The van der Waals surface area contributed by atoms with E-state index in [1.165, 1.54) is 16.1 Å². The van der Waals surface area contributed by atoms with Gasteiger partial charge in [-0.2, -0.15) is 0 Å². The van der Waals surface area contributed by atoms with Crippen molar-refractivity contribution in [3.8, 4) is 0 Å². The molecule has 0 saturated carbocycles. The van der Waals surface area contributed by atoms with Crippen molar-refractivity contribution in [1.82, 2.24) is 19.8 Å². The second-order valence-corrected chi connectivity index (χ2v) is 6.09. The number of rotatable bonds is 4. The highest BCUT2D eigenvalue weighted by atomic mass is 32.1. The summed E-state index contributed by atoms with van der Waals surface area (Å²) in [5.74, 6) is 0.0887. The minimum Gasteiger partial charge on any atom is -0.350 e. The molecule has 1 aliphatic heterocycles. The van der Waals surface area contributed by atoms with E-state index in [9.17, 15) is 4.79 Å². The van der Waals surface area contributed by atoms with Gasteiger partial charge in [-0.25, -0.2) is 4.98 Å². The first kappa shape index (κ1) is 13.3. The van der Waals surface area contributed by atoms with E-state index >= 15 is 0 Å². The van der Waals surface area contributed by atoms with Crippen LogP contribution >= 0.6 is 11.3 Å². The topological polar surface area (TPSA) is 50.2 Å². The van der Waals surface area contributed by atoms with Crippen molar-refractivity contribution < 1.29 is 4.79 Å². The number of imidazole rings is 1. The predicted octanol–water partition coefficient (Wildman–Crippen LogP) is 1.39. The molecule has 3 heterocycles. The summed E-state index contributed by atoms with van der Waals surface area (Å²) in [6.45, 7) is 5.76. The minimum absolute atomic E-state index is 0.0887. The molecule has 0 aromatic carbocycles. The summed E-state index contributed by atoms with van der Waals surface area (Å²) in [6.07, 6.45) is 3.73. The number of nitrogens with zero attached hydrogens (tertiary/aromatic N) is 3. The molecule has 106 valence electrons. The Hall–Kier alpha value is -1.66. The summed E-state index contributed by atoms with van der Waals surface area (Å²) >= 11 is 1.69. The third kappa shape index (κ3) is 2.91. The largest absolute Gasteiger partial charge is 0.350 e. The smallest absolute Gasteiger partial charge is 0.234 e. The number of nitrogens with one attached hydrogen (secondary N) is 1. The van der Waals surface area contributed by atoms with E-state index in [-0.39, 0.29) is 5.91 Å². The van der Waals surface area contributed by atoms with Gasteiger partial charge in [-0.05, 0) is 23.9 Å². The Morgan fingerprint density at radius 3 is 3.20 bits per heavy atom. The molecule has 0 atom stereocenters. The molecule has 0 spiro atoms. The van der Waals surface area contributed by atoms with E-state index in [1.807, 2.05) is 12.5 Å². The Bertz CT molecular complexity index is 604. The Kier molecular flexibility index (Phi) is 3.84. The molecular formula is C14H18N4OS. The number of carbonyl (C=O) groups excluding carboxylic acids is 1. The number of amides is 1. The zero-order valence-electron chi connectivity index (χ0n) is 11.5. The average Bonchev–Trinajstić information content (AvgIpc) is 3.04. The Morgan fingerprint density at radius 1 is 1.50 bits per heavy atom. The van der Waals surface area contributed by atoms with Gasteiger partial charge in [0.2, 0.25) is 5.91 Å². The summed E-state index contributed by atoms with van der Waals surface area (Å²) in [7, 11) is 0. The molecule has 1 N–H and O–H groups in total. The van der Waals surface area contributed by atoms with Crippen LogP contribution < -0.4 is 5.32 Å². The maximum atomic E-state index is 12.0. The minimum atomic E-state index is 0.0887. The number of aryl methyl sites for hydroxylation is 1. The number of carbonyl (C=O) groups is 1. The van der Waals surface area contributed by atoms with E-state index in [0.29, 0.717) is 13.1 Å². The van der Waals surface area contributed by atoms with E-state index < -0.39 is 0 Å². The maximum absolute atomic E-state index is 12.0. The van der Waals surface area contributed by atoms with Gasteiger partial charge in [0.05, 0.1) is 25.1 Å². The van der Waals surface area contributed by atoms with Crippen LogP contribution in [-0.2, 0) is 24.4 Å². The molecule has 1 aliphatic rings. The molecule has 0 bridgehead atoms. The highest BCUT2D eigenvalue weighted by molar-refractivity contribution is 7.10. The van der Waals surface area contributed by atoms with Crippen LogP contribution in [0.15, 0.2) is 24.0 Å². The van der Waals surface area contributed by atoms with Crippen LogP contribution in [0.2, 0.25) is 0 Å². The van der Waals surface area contributed by atoms with Gasteiger partial charge in [0, 0.05) is 30.7 Å². The van der Waals surface area contributed by atoms with Crippen LogP contribution in [-0.4, -0.2) is 33.4 Å². The lowest BCUT2D eigenvalue weighted by atomic mass is 10.3. The molecule has 1 amide bonds. The third-order valence-electron chi connectivity index (χ3n) is 3.62. The molecular weight excluding hydrogens is 272 g/mol. The second kappa shape index (κ2) is 5.76. The lowest BCUT2D eigenvalue weighted by Gasteiger charge is -2.27. The van der Waals surface area contributed by atoms with Crippen molar-refractivity contribution in [3.63, 3.8) is 0 Å². The number of aromatic nitrogens is 2. The Balaban J connectivity index is 1.49. The first-order valence-corrected chi connectivity index (χ1v) is 7.61. The zero-order valence-corrected chi connectivity index (χ0v) is 12.3. The van der Waals surface area contributed by atoms with Gasteiger partial charge in [0.25, 0.3) is 0 Å². The summed E-state index contributed by atoms with van der Waals surface area (Å²) in [6, 6.07) is 2.08. The molecule has 5 nitrogen and oxygen atoms in total. The normalized spacial score (nSPS) is 15.1. The van der Waals surface area contributed by atoms with Crippen molar-refractivity contribution in [2.75, 3.05) is 13.1 Å². The van der Waals surface area contributed by atoms with Crippen LogP contribution in [0.25, 0.3) is 0 Å². The van der Waals surface area contributed by atoms with Crippen molar-refractivity contribution in [3.05, 3.63) is 40.1 Å². The van der Waals surface area contributed by atoms with Gasteiger partial charge in [-0.3, -0.25) is 9.69 Å². The van der Waals surface area contributed by atoms with Gasteiger partial charge >= 0.3 is 0 Å². The number of hydrogen-bond donors (Lipinski definition) is 1. The predicted molar refractivity (Wildman–Crippen MR) is 78.4 cm³/mol. The Labute approximate surface area is 122 Å². The highest BCUT2D eigenvalue weighted by Gasteiger charge is 2.18. The Morgan fingerprint density at radius 2 is 2.40 bits per heavy atom. The molecule has 0 radical (unpaired) electrons. The van der Waals surface area contributed by atoms with Crippen molar-refractivity contribution >= 4 is 17.2 Å². The number of hydrogen-bond acceptors (Lipinski definition) is 4. The van der Waals surface area contributed by atoms with E-state index in [2.05, 4.69) is 38.1 Å². The average molecular weight is 290 g/mol. The summed E-state index contributed by atoms with van der Waals surface area (Å²) in [4.78, 5) is 19.5. The fourth-order valence-electron chi connectivity index (χ4n) is 2.40. The maximum Gasteiger partial charge on any atom is 0.234 e. The van der Waals surface area contributed by atoms with Gasteiger partial charge in [-0.15, -0.1) is 11.3 Å². The quantitative estimate of drug-likeness (QED) is 0.925. The van der Waals surface area contributed by atoms with Gasteiger partial charge in [0.15, 0.2) is 0 Å². The van der Waals surface area contributed by atoms with E-state index in [0.717, 1.165) is 19.6 Å². The highest BCUT2D eigenvalue weighted by Crippen LogP contribution is 2.15. The summed E-state index contributed by atoms with van der Waals surface area (Å²) in [5, 5.41) is 5.06. The van der Waals surface area contributed by atoms with Crippen molar-refractivity contribution in [1.29, 1.82) is 0 Å². The van der Waals surface area contributed by atoms with E-state index in [4.69, 9.17) is 0 Å². The second-order valence-electron chi connectivity index (χ2n) is 5.09. The molecule has 3 rings (SSSR count). The van der Waals surface area contributed by atoms with Gasteiger partial charge in [-0.1, -0.05) is 0 Å². The SMILES string of the molecule is Cc1ccsc1CNC(=O)CN1CCn2cncc2C1. The molecule has 6 heteroatoms. The number of thiophene rings is 1. The molecule has 0 aliphatic carbocycles. The third-order valence-corrected chi connectivity index (χ3v) is 4.65. The van der Waals surface area contributed by atoms with Crippen LogP contribution in [0.5, 0.6) is 0 Å². The van der Waals surface area contributed by atoms with Crippen LogP contribution in [0, 0.1) is 6.92 Å². The molecule has 0 fully saturated rings. The van der Waals surface area contributed by atoms with Crippen molar-refractivity contribution in [2.45, 2.75) is 26.6 Å². The monoisotopic (exact) mass is 290 g/mol. The molecule has 2 aromatic heterocycles. The van der Waals surface area contributed by atoms with E-state index in [1.54, 1.807) is 11.3 Å². The lowest BCUT2D eigenvalue weighted by Crippen LogP contribution is -2.40.